The summed E-state index contributed by atoms with van der Waals surface area (Å²) in [4.78, 5) is 31.1. The minimum absolute atomic E-state index is 0.0646. The molecule has 2 aromatic carbocycles. The average Bonchev–Trinajstić information content (AvgIpc) is 3.71. The van der Waals surface area contributed by atoms with Crippen molar-refractivity contribution in [1.29, 1.82) is 5.53 Å². The van der Waals surface area contributed by atoms with Gasteiger partial charge < -0.3 is 91.5 Å². The Bertz CT molecular complexity index is 2650. The molecule has 0 bridgehead atoms. The van der Waals surface area contributed by atoms with Crippen LogP contribution in [0.25, 0.3) is 21.9 Å². The molecular weight excluding hydrogens is 1360 g/mol. The summed E-state index contributed by atoms with van der Waals surface area (Å²) in [6, 6.07) is 13.9. The maximum Gasteiger partial charge on any atom is 0.361 e. The number of nitrogens with one attached hydrogen (secondary N) is 3. The highest BCUT2D eigenvalue weighted by Crippen LogP contribution is 2.27. The number of hydrogen-bond donors (Lipinski definition) is 5. The number of halogens is 2. The van der Waals surface area contributed by atoms with Crippen molar-refractivity contribution in [3.63, 3.8) is 0 Å². The Balaban J connectivity index is 1.25. The summed E-state index contributed by atoms with van der Waals surface area (Å²) < 4.78 is 89.5. The minimum Gasteiger partial charge on any atom is -0.493 e. The molecule has 4 rings (SSSR count). The van der Waals surface area contributed by atoms with Crippen LogP contribution in [-0.2, 0) is 56.8 Å². The topological polar surface area (TPSA) is 312 Å². The third kappa shape index (κ3) is 31.9. The largest absolute Gasteiger partial charge is 0.493 e. The predicted molar refractivity (Wildman–Crippen MR) is 347 cm³/mol. The lowest BCUT2D eigenvalue weighted by Crippen LogP contribution is -2.35. The number of rotatable bonds is 55. The van der Waals surface area contributed by atoms with Crippen molar-refractivity contribution in [2.24, 2.45) is 16.7 Å². The summed E-state index contributed by atoms with van der Waals surface area (Å²) in [5, 5.41) is 12.3. The van der Waals surface area contributed by atoms with Crippen molar-refractivity contribution < 1.29 is 75.2 Å². The van der Waals surface area contributed by atoms with E-state index >= 15 is 0 Å². The molecule has 0 fully saturated rings. The SMILES string of the molecule is COCCOCCOCCN(CCCOc1ccc2cc(N/C(I)=C(/CNC/C(N)=C(\I)N(N)c3cc4ccc(OCCCN(CCOCCOCCOC)CCOCCOCCOC)cc4oc3=O)N=N)c(=O)oc2c1)CCOCCOCCOC. The molecule has 0 spiro atoms. The molecule has 0 amide bonds. The first-order valence-corrected chi connectivity index (χ1v) is 31.0. The van der Waals surface area contributed by atoms with E-state index in [2.05, 4.69) is 25.5 Å². The Morgan fingerprint density at radius 3 is 1.32 bits per heavy atom. The van der Waals surface area contributed by atoms with E-state index in [9.17, 15) is 9.59 Å². The van der Waals surface area contributed by atoms with E-state index in [0.717, 1.165) is 30.9 Å². The van der Waals surface area contributed by atoms with E-state index in [-0.39, 0.29) is 30.2 Å². The van der Waals surface area contributed by atoms with Crippen molar-refractivity contribution in [2.45, 2.75) is 12.8 Å². The molecule has 2 aromatic heterocycles. The van der Waals surface area contributed by atoms with Crippen LogP contribution in [0.1, 0.15) is 12.8 Å². The second-order valence-electron chi connectivity index (χ2n) is 19.0. The number of benzene rings is 2. The zero-order valence-electron chi connectivity index (χ0n) is 50.8. The summed E-state index contributed by atoms with van der Waals surface area (Å²) in [5.41, 5.74) is 14.5. The molecule has 490 valence electrons. The summed E-state index contributed by atoms with van der Waals surface area (Å²) in [6.07, 6.45) is 1.45. The molecule has 0 aliphatic rings. The fraction of sp³-hybridized carbons (Fsp3) is 0.621. The quantitative estimate of drug-likeness (QED) is 0.00708. The lowest BCUT2D eigenvalue weighted by molar-refractivity contribution is 0.00894. The molecule has 0 atom stereocenters. The summed E-state index contributed by atoms with van der Waals surface area (Å²) >= 11 is 3.93. The maximum atomic E-state index is 13.3. The number of methoxy groups -OCH3 is 4. The number of fused-ring (bicyclic) bond motifs is 2. The van der Waals surface area contributed by atoms with Gasteiger partial charge in [-0.15, -0.1) is 0 Å². The number of hydrazine groups is 1. The molecule has 27 nitrogen and oxygen atoms in total. The fourth-order valence-electron chi connectivity index (χ4n) is 7.87. The van der Waals surface area contributed by atoms with E-state index in [1.54, 1.807) is 64.8 Å². The van der Waals surface area contributed by atoms with Crippen LogP contribution in [0, 0.1) is 5.53 Å². The van der Waals surface area contributed by atoms with Crippen molar-refractivity contribution in [3.05, 3.63) is 88.2 Å². The standard InChI is InChI=1S/C58H91I2N9O18/c1-72-23-27-80-35-31-76-19-13-67(14-20-77-32-36-81-28-24-73-2)11-5-17-84-47-9-7-45-39-50(57(70)86-53(45)41-47)65-55(59)51(66-62)44-64-43-49(61)56(60)69(63)52-40-46-8-10-48(42-54(46)87-58(52)71)85-18-6-12-68(15-21-78-33-37-82-29-25-74-3)16-22-79-34-38-83-30-26-75-4/h7-10,39-42,62,64-65H,5-6,11-38,43-44,61,63H2,1-4H3/b55-51-,56-49-,66-62?. The van der Waals surface area contributed by atoms with Gasteiger partial charge in [-0.05, 0) is 94.4 Å². The first kappa shape index (κ1) is 75.2. The van der Waals surface area contributed by atoms with Gasteiger partial charge in [-0.2, -0.15) is 5.11 Å². The van der Waals surface area contributed by atoms with Crippen molar-refractivity contribution >= 4 is 78.5 Å². The van der Waals surface area contributed by atoms with E-state index in [0.29, 0.717) is 218 Å². The average molecular weight is 1460 g/mol. The van der Waals surface area contributed by atoms with Crippen molar-refractivity contribution in [1.82, 2.24) is 15.1 Å². The lowest BCUT2D eigenvalue weighted by atomic mass is 10.2. The van der Waals surface area contributed by atoms with Crippen LogP contribution in [0.4, 0.5) is 11.4 Å². The van der Waals surface area contributed by atoms with Crippen LogP contribution >= 0.6 is 45.2 Å². The Kier molecular flexibility index (Phi) is 41.2. The second kappa shape index (κ2) is 47.7. The molecular formula is C58H91I2N9O18. The second-order valence-corrected chi connectivity index (χ2v) is 21.1. The zero-order valence-corrected chi connectivity index (χ0v) is 55.1. The van der Waals surface area contributed by atoms with Gasteiger partial charge in [0.05, 0.1) is 151 Å². The third-order valence-electron chi connectivity index (χ3n) is 12.6. The normalized spacial score (nSPS) is 12.4. The summed E-state index contributed by atoms with van der Waals surface area (Å²) in [5.74, 6) is 7.56. The molecule has 87 heavy (non-hydrogen) atoms. The van der Waals surface area contributed by atoms with Crippen molar-refractivity contribution in [2.75, 3.05) is 236 Å². The molecule has 7 N–H and O–H groups in total. The predicted octanol–water partition coefficient (Wildman–Crippen LogP) is 5.34. The number of nitrogens with zero attached hydrogens (tertiary/aromatic N) is 4. The smallest absolute Gasteiger partial charge is 0.361 e. The van der Waals surface area contributed by atoms with E-state index in [1.165, 1.54) is 0 Å². The first-order chi connectivity index (χ1) is 42.5. The van der Waals surface area contributed by atoms with E-state index in [4.69, 9.17) is 92.3 Å². The van der Waals surface area contributed by atoms with Crippen molar-refractivity contribution in [3.8, 4) is 11.5 Å². The van der Waals surface area contributed by atoms with Crippen LogP contribution in [0.15, 0.2) is 90.9 Å². The number of anilines is 2. The maximum absolute atomic E-state index is 13.3. The van der Waals surface area contributed by atoms with E-state index < -0.39 is 11.3 Å². The van der Waals surface area contributed by atoms with Crippen LogP contribution in [0.5, 0.6) is 11.5 Å². The van der Waals surface area contributed by atoms with E-state index in [1.807, 2.05) is 57.3 Å². The molecule has 4 aromatic rings. The van der Waals surface area contributed by atoms with Crippen LogP contribution in [0.3, 0.4) is 0 Å². The van der Waals surface area contributed by atoms with Gasteiger partial charge in [0.1, 0.15) is 47.1 Å². The molecule has 0 aliphatic carbocycles. The van der Waals surface area contributed by atoms with Gasteiger partial charge in [-0.1, -0.05) is 0 Å². The highest BCUT2D eigenvalue weighted by atomic mass is 127. The van der Waals surface area contributed by atoms with Gasteiger partial charge in [-0.3, -0.25) is 14.8 Å². The first-order valence-electron chi connectivity index (χ1n) is 28.9. The molecule has 2 heterocycles. The van der Waals surface area contributed by atoms with Gasteiger partial charge in [-0.25, -0.2) is 21.0 Å². The fourth-order valence-corrected chi connectivity index (χ4v) is 8.92. The lowest BCUT2D eigenvalue weighted by Gasteiger charge is -2.22. The Hall–Kier alpha value is -4.24. The minimum atomic E-state index is -0.676. The van der Waals surface area contributed by atoms with Gasteiger partial charge in [0.2, 0.25) is 0 Å². The Labute approximate surface area is 536 Å². The number of ether oxygens (including phenoxy) is 14. The molecule has 0 unspecified atom stereocenters. The molecule has 29 heteroatoms. The molecule has 0 aliphatic heterocycles. The van der Waals surface area contributed by atoms with Gasteiger partial charge in [0.25, 0.3) is 0 Å². The van der Waals surface area contributed by atoms with Crippen LogP contribution in [-0.4, -0.2) is 236 Å². The summed E-state index contributed by atoms with van der Waals surface area (Å²) in [7, 11) is 6.55. The van der Waals surface area contributed by atoms with Crippen LogP contribution < -0.4 is 47.9 Å². The molecule has 0 saturated carbocycles. The number of nitrogens with two attached hydrogens (primary N) is 2. The highest BCUT2D eigenvalue weighted by Gasteiger charge is 2.18. The Morgan fingerprint density at radius 2 is 0.908 bits per heavy atom. The Morgan fingerprint density at radius 1 is 0.517 bits per heavy atom. The molecule has 0 saturated heterocycles. The monoisotopic (exact) mass is 1460 g/mol. The summed E-state index contributed by atoms with van der Waals surface area (Å²) in [6.45, 7) is 15.8. The molecule has 0 radical (unpaired) electrons. The van der Waals surface area contributed by atoms with Gasteiger partial charge in [0, 0.05) is 104 Å². The van der Waals surface area contributed by atoms with Gasteiger partial charge >= 0.3 is 11.3 Å². The number of hydrogen-bond acceptors (Lipinski definition) is 27. The zero-order chi connectivity index (χ0) is 62.5. The highest BCUT2D eigenvalue weighted by molar-refractivity contribution is 14.1. The third-order valence-corrected chi connectivity index (χ3v) is 14.7. The van der Waals surface area contributed by atoms with Gasteiger partial charge in [0.15, 0.2) is 0 Å². The van der Waals surface area contributed by atoms with Crippen LogP contribution in [0.2, 0.25) is 0 Å².